The van der Waals surface area contributed by atoms with Crippen LogP contribution >= 0.6 is 0 Å². The second-order valence-electron chi connectivity index (χ2n) is 8.79. The van der Waals surface area contributed by atoms with E-state index in [1.165, 1.54) is 0 Å². The van der Waals surface area contributed by atoms with Crippen LogP contribution in [0.5, 0.6) is 0 Å². The smallest absolute Gasteiger partial charge is 0.336 e. The zero-order valence-corrected chi connectivity index (χ0v) is 20.7. The van der Waals surface area contributed by atoms with Crippen molar-refractivity contribution in [3.8, 4) is 0 Å². The lowest BCUT2D eigenvalue weighted by Crippen LogP contribution is -2.33. The van der Waals surface area contributed by atoms with Gasteiger partial charge in [0.25, 0.3) is 0 Å². The van der Waals surface area contributed by atoms with Crippen LogP contribution in [0.15, 0.2) is 114 Å². The first-order valence-electron chi connectivity index (χ1n) is 12.2. The molecular formula is C31H31NO4. The Morgan fingerprint density at radius 1 is 0.639 bits per heavy atom. The molecule has 36 heavy (non-hydrogen) atoms. The van der Waals surface area contributed by atoms with Crippen LogP contribution in [0.2, 0.25) is 0 Å². The lowest BCUT2D eigenvalue weighted by atomic mass is 9.80. The molecule has 4 rings (SSSR count). The summed E-state index contributed by atoms with van der Waals surface area (Å²) in [5, 5.41) is 3.21. The van der Waals surface area contributed by atoms with Crippen molar-refractivity contribution in [3.63, 3.8) is 0 Å². The van der Waals surface area contributed by atoms with Gasteiger partial charge in [-0.15, -0.1) is 0 Å². The fraction of sp³-hybridized carbons (Fsp3) is 0.226. The minimum atomic E-state index is -0.582. The van der Waals surface area contributed by atoms with Gasteiger partial charge in [0.2, 0.25) is 0 Å². The van der Waals surface area contributed by atoms with Crippen molar-refractivity contribution in [2.45, 2.75) is 32.6 Å². The third-order valence-corrected chi connectivity index (χ3v) is 6.27. The predicted molar refractivity (Wildman–Crippen MR) is 140 cm³/mol. The maximum atomic E-state index is 13.4. The van der Waals surface area contributed by atoms with E-state index >= 15 is 0 Å². The number of esters is 2. The summed E-state index contributed by atoms with van der Waals surface area (Å²) in [4.78, 5) is 26.7. The summed E-state index contributed by atoms with van der Waals surface area (Å²) >= 11 is 0. The number of allylic oxidation sites excluding steroid dienone is 2. The molecule has 3 aromatic carbocycles. The molecule has 0 radical (unpaired) electrons. The van der Waals surface area contributed by atoms with Crippen LogP contribution in [-0.4, -0.2) is 25.2 Å². The van der Waals surface area contributed by atoms with E-state index in [4.69, 9.17) is 9.47 Å². The Morgan fingerprint density at radius 2 is 1.03 bits per heavy atom. The van der Waals surface area contributed by atoms with Crippen LogP contribution in [0, 0.1) is 0 Å². The number of rotatable bonds is 9. The third kappa shape index (κ3) is 6.11. The molecule has 1 aliphatic heterocycles. The zero-order valence-electron chi connectivity index (χ0n) is 20.7. The first-order valence-corrected chi connectivity index (χ1v) is 12.2. The largest absolute Gasteiger partial charge is 0.462 e. The fourth-order valence-electron chi connectivity index (χ4n) is 4.48. The van der Waals surface area contributed by atoms with E-state index in [1.807, 2.05) is 105 Å². The van der Waals surface area contributed by atoms with Gasteiger partial charge in [-0.1, -0.05) is 91.0 Å². The molecule has 1 N–H and O–H groups in total. The summed E-state index contributed by atoms with van der Waals surface area (Å²) in [6.07, 6.45) is 1.23. The Labute approximate surface area is 212 Å². The highest BCUT2D eigenvalue weighted by atomic mass is 16.5. The van der Waals surface area contributed by atoms with Crippen molar-refractivity contribution >= 4 is 11.9 Å². The van der Waals surface area contributed by atoms with E-state index in [0.29, 0.717) is 35.4 Å². The first-order chi connectivity index (χ1) is 17.5. The van der Waals surface area contributed by atoms with E-state index in [2.05, 4.69) is 5.32 Å². The molecule has 0 amide bonds. The Morgan fingerprint density at radius 3 is 1.44 bits per heavy atom. The van der Waals surface area contributed by atoms with Gasteiger partial charge in [-0.2, -0.15) is 0 Å². The molecule has 0 unspecified atom stereocenters. The first kappa shape index (κ1) is 25.0. The highest BCUT2D eigenvalue weighted by Gasteiger charge is 2.37. The van der Waals surface area contributed by atoms with Crippen molar-refractivity contribution in [1.82, 2.24) is 5.32 Å². The van der Waals surface area contributed by atoms with Gasteiger partial charge in [-0.05, 0) is 30.5 Å². The lowest BCUT2D eigenvalue weighted by molar-refractivity contribution is -0.140. The highest BCUT2D eigenvalue weighted by Crippen LogP contribution is 2.39. The molecule has 0 bridgehead atoms. The lowest BCUT2D eigenvalue weighted by Gasteiger charge is -2.30. The van der Waals surface area contributed by atoms with Crippen LogP contribution in [0.25, 0.3) is 0 Å². The molecule has 0 fully saturated rings. The second-order valence-corrected chi connectivity index (χ2v) is 8.79. The standard InChI is InChI=1S/C31H31NO4/c1-22-27(30(33)35-20-18-24-12-6-3-7-13-24)29(26-16-10-5-11-17-26)28(23(2)32-22)31(34)36-21-19-25-14-8-4-9-15-25/h3-17,29,32H,18-21H2,1-2H3. The third-order valence-electron chi connectivity index (χ3n) is 6.27. The van der Waals surface area contributed by atoms with Crippen molar-refractivity contribution in [2.24, 2.45) is 0 Å². The molecule has 184 valence electrons. The minimum absolute atomic E-state index is 0.251. The van der Waals surface area contributed by atoms with Crippen LogP contribution in [0.4, 0.5) is 0 Å². The molecule has 5 heteroatoms. The average molecular weight is 482 g/mol. The van der Waals surface area contributed by atoms with Gasteiger partial charge in [0.1, 0.15) is 0 Å². The fourth-order valence-corrected chi connectivity index (χ4v) is 4.48. The average Bonchev–Trinajstić information content (AvgIpc) is 2.90. The van der Waals surface area contributed by atoms with Gasteiger partial charge < -0.3 is 14.8 Å². The zero-order chi connectivity index (χ0) is 25.3. The Balaban J connectivity index is 1.53. The number of benzene rings is 3. The molecule has 0 saturated carbocycles. The molecule has 0 aromatic heterocycles. The van der Waals surface area contributed by atoms with E-state index < -0.39 is 17.9 Å². The second kappa shape index (κ2) is 12.0. The monoisotopic (exact) mass is 481 g/mol. The summed E-state index contributed by atoms with van der Waals surface area (Å²) in [6.45, 7) is 4.18. The summed E-state index contributed by atoms with van der Waals surface area (Å²) < 4.78 is 11.4. The number of carbonyl (C=O) groups is 2. The number of dihydropyridines is 1. The van der Waals surface area contributed by atoms with Crippen molar-refractivity contribution in [2.75, 3.05) is 13.2 Å². The number of nitrogens with one attached hydrogen (secondary N) is 1. The van der Waals surface area contributed by atoms with E-state index in [0.717, 1.165) is 16.7 Å². The molecule has 5 nitrogen and oxygen atoms in total. The molecular weight excluding hydrogens is 450 g/mol. The van der Waals surface area contributed by atoms with Gasteiger partial charge in [0.05, 0.1) is 30.3 Å². The predicted octanol–water partition coefficient (Wildman–Crippen LogP) is 5.49. The molecule has 3 aromatic rings. The number of ether oxygens (including phenoxy) is 2. The summed E-state index contributed by atoms with van der Waals surface area (Å²) in [6, 6.07) is 29.3. The summed E-state index contributed by atoms with van der Waals surface area (Å²) in [7, 11) is 0. The van der Waals surface area contributed by atoms with Crippen LogP contribution in [0.3, 0.4) is 0 Å². The van der Waals surface area contributed by atoms with Gasteiger partial charge in [-0.25, -0.2) is 9.59 Å². The Kier molecular flexibility index (Phi) is 8.35. The van der Waals surface area contributed by atoms with Crippen LogP contribution < -0.4 is 5.32 Å². The number of carbonyl (C=O) groups excluding carboxylic acids is 2. The van der Waals surface area contributed by atoms with E-state index in [9.17, 15) is 9.59 Å². The SMILES string of the molecule is CC1=C(C(=O)OCCc2ccccc2)C(c2ccccc2)C(C(=O)OCCc2ccccc2)=C(C)N1. The summed E-state index contributed by atoms with van der Waals surface area (Å²) in [5.74, 6) is -1.46. The molecule has 1 aliphatic rings. The molecule has 0 saturated heterocycles. The van der Waals surface area contributed by atoms with Gasteiger partial charge >= 0.3 is 11.9 Å². The number of hydrogen-bond donors (Lipinski definition) is 1. The van der Waals surface area contributed by atoms with Gasteiger partial charge in [-0.3, -0.25) is 0 Å². The number of hydrogen-bond acceptors (Lipinski definition) is 5. The molecule has 0 atom stereocenters. The van der Waals surface area contributed by atoms with Crippen molar-refractivity contribution in [3.05, 3.63) is 130 Å². The maximum absolute atomic E-state index is 13.4. The van der Waals surface area contributed by atoms with Gasteiger partial charge in [0, 0.05) is 24.2 Å². The topological polar surface area (TPSA) is 64.6 Å². The van der Waals surface area contributed by atoms with Crippen molar-refractivity contribution in [1.29, 1.82) is 0 Å². The minimum Gasteiger partial charge on any atom is -0.462 e. The normalized spacial score (nSPS) is 13.8. The highest BCUT2D eigenvalue weighted by molar-refractivity contribution is 5.99. The molecule has 0 spiro atoms. The van der Waals surface area contributed by atoms with Crippen LogP contribution in [-0.2, 0) is 31.9 Å². The van der Waals surface area contributed by atoms with Crippen LogP contribution in [0.1, 0.15) is 36.5 Å². The summed E-state index contributed by atoms with van der Waals surface area (Å²) in [5.41, 5.74) is 5.22. The molecule has 0 aliphatic carbocycles. The quantitative estimate of drug-likeness (QED) is 0.409. The Bertz CT molecular complexity index is 1170. The van der Waals surface area contributed by atoms with E-state index in [-0.39, 0.29) is 13.2 Å². The van der Waals surface area contributed by atoms with Crippen molar-refractivity contribution < 1.29 is 19.1 Å². The Hall–Kier alpha value is -4.12. The van der Waals surface area contributed by atoms with Gasteiger partial charge in [0.15, 0.2) is 0 Å². The van der Waals surface area contributed by atoms with E-state index in [1.54, 1.807) is 0 Å². The maximum Gasteiger partial charge on any atom is 0.336 e. The molecule has 1 heterocycles.